The summed E-state index contributed by atoms with van der Waals surface area (Å²) in [4.78, 5) is 13.1. The second-order valence-corrected chi connectivity index (χ2v) is 7.89. The maximum absolute atomic E-state index is 13.4. The first kappa shape index (κ1) is 19.8. The lowest BCUT2D eigenvalue weighted by atomic mass is 10.0. The number of imidazole rings is 1. The van der Waals surface area contributed by atoms with E-state index in [4.69, 9.17) is 0 Å². The zero-order valence-electron chi connectivity index (χ0n) is 17.2. The van der Waals surface area contributed by atoms with E-state index in [1.165, 1.54) is 11.1 Å². The maximum Gasteiger partial charge on any atom is 0.250 e. The second kappa shape index (κ2) is 7.71. The molecule has 0 radical (unpaired) electrons. The number of likely N-dealkylation sites (tertiary alicyclic amines) is 1. The van der Waals surface area contributed by atoms with Crippen LogP contribution < -0.4 is 4.90 Å². The van der Waals surface area contributed by atoms with Gasteiger partial charge in [-0.1, -0.05) is 19.1 Å². The van der Waals surface area contributed by atoms with Gasteiger partial charge < -0.3 is 9.47 Å². The van der Waals surface area contributed by atoms with Gasteiger partial charge in [0.05, 0.1) is 18.0 Å². The molecule has 3 heterocycles. The fourth-order valence-corrected chi connectivity index (χ4v) is 3.97. The number of fused-ring (bicyclic) bond motifs is 1. The molecule has 4 rings (SSSR count). The number of hydrogen-bond acceptors (Lipinski definition) is 4. The van der Waals surface area contributed by atoms with Crippen LogP contribution in [0.25, 0.3) is 11.0 Å². The van der Waals surface area contributed by atoms with Crippen molar-refractivity contribution in [2.24, 2.45) is 7.05 Å². The number of rotatable bonds is 5. The van der Waals surface area contributed by atoms with Gasteiger partial charge in [0, 0.05) is 58.3 Å². The van der Waals surface area contributed by atoms with Gasteiger partial charge in [-0.3, -0.25) is 4.90 Å². The first-order valence-electron chi connectivity index (χ1n) is 10.1. The van der Waals surface area contributed by atoms with Crippen molar-refractivity contribution < 1.29 is 8.78 Å². The predicted molar refractivity (Wildman–Crippen MR) is 112 cm³/mol. The minimum atomic E-state index is -2.50. The number of benzene rings is 1. The second-order valence-electron chi connectivity index (χ2n) is 7.89. The van der Waals surface area contributed by atoms with Crippen LogP contribution in [0.2, 0.25) is 0 Å². The molecule has 0 saturated carbocycles. The quantitative estimate of drug-likeness (QED) is 0.632. The summed E-state index contributed by atoms with van der Waals surface area (Å²) in [5.74, 6) is -1.64. The zero-order chi connectivity index (χ0) is 20.6. The normalized spacial score (nSPS) is 17.0. The van der Waals surface area contributed by atoms with Crippen molar-refractivity contribution in [2.75, 3.05) is 25.0 Å². The van der Waals surface area contributed by atoms with Gasteiger partial charge in [-0.2, -0.15) is 0 Å². The highest BCUT2D eigenvalue weighted by atomic mass is 19.3. The van der Waals surface area contributed by atoms with Crippen molar-refractivity contribution in [1.82, 2.24) is 19.4 Å². The van der Waals surface area contributed by atoms with E-state index in [0.29, 0.717) is 19.6 Å². The van der Waals surface area contributed by atoms with Crippen molar-refractivity contribution in [3.63, 3.8) is 0 Å². The van der Waals surface area contributed by atoms with Crippen molar-refractivity contribution in [3.8, 4) is 0 Å². The summed E-state index contributed by atoms with van der Waals surface area (Å²) in [6.45, 7) is 3.75. The van der Waals surface area contributed by atoms with Crippen LogP contribution in [0, 0.1) is 0 Å². The summed E-state index contributed by atoms with van der Waals surface area (Å²) >= 11 is 0. The van der Waals surface area contributed by atoms with Crippen molar-refractivity contribution in [3.05, 3.63) is 47.9 Å². The Morgan fingerprint density at radius 1 is 1.14 bits per heavy atom. The van der Waals surface area contributed by atoms with E-state index in [2.05, 4.69) is 44.9 Å². The van der Waals surface area contributed by atoms with Gasteiger partial charge in [-0.15, -0.1) is 0 Å². The number of aryl methyl sites for hydroxylation is 2. The molecule has 0 N–H and O–H groups in total. The van der Waals surface area contributed by atoms with Crippen LogP contribution in [0.5, 0.6) is 0 Å². The number of alkyl halides is 2. The van der Waals surface area contributed by atoms with Crippen LogP contribution in [-0.2, 0) is 20.0 Å². The number of halogens is 2. The van der Waals surface area contributed by atoms with Gasteiger partial charge in [0.15, 0.2) is 0 Å². The zero-order valence-corrected chi connectivity index (χ0v) is 17.2. The van der Waals surface area contributed by atoms with E-state index in [-0.39, 0.29) is 12.8 Å². The Balaban J connectivity index is 1.55. The van der Waals surface area contributed by atoms with Crippen molar-refractivity contribution >= 4 is 22.5 Å². The van der Waals surface area contributed by atoms with Gasteiger partial charge >= 0.3 is 0 Å². The Bertz CT molecular complexity index is 1000. The first-order valence-corrected chi connectivity index (χ1v) is 10.1. The molecule has 0 spiro atoms. The highest BCUT2D eigenvalue weighted by Gasteiger charge is 2.33. The average Bonchev–Trinajstić information content (AvgIpc) is 3.09. The molecule has 7 heteroatoms. The minimum Gasteiger partial charge on any atom is -0.334 e. The van der Waals surface area contributed by atoms with E-state index >= 15 is 0 Å². The molecular formula is C22H27F2N5. The Morgan fingerprint density at radius 2 is 1.90 bits per heavy atom. The lowest BCUT2D eigenvalue weighted by Crippen LogP contribution is -2.38. The van der Waals surface area contributed by atoms with E-state index in [0.717, 1.165) is 29.0 Å². The third kappa shape index (κ3) is 4.10. The van der Waals surface area contributed by atoms with Crippen LogP contribution in [0.15, 0.2) is 36.8 Å². The van der Waals surface area contributed by atoms with Gasteiger partial charge in [0.25, 0.3) is 5.92 Å². The third-order valence-electron chi connectivity index (χ3n) is 5.82. The summed E-state index contributed by atoms with van der Waals surface area (Å²) in [7, 11) is 3.99. The Hall–Kier alpha value is -2.54. The SMILES string of the molecule is CCc1cc(CN2CCC(F)(F)CC2)ccc1N(C)c1cc2c(cn1)ncn2C. The number of aromatic nitrogens is 3. The predicted octanol–water partition coefficient (Wildman–Crippen LogP) is 4.53. The topological polar surface area (TPSA) is 37.2 Å². The van der Waals surface area contributed by atoms with Crippen LogP contribution in [0.3, 0.4) is 0 Å². The largest absolute Gasteiger partial charge is 0.334 e. The summed E-state index contributed by atoms with van der Waals surface area (Å²) in [6.07, 6.45) is 4.39. The number of piperidine rings is 1. The number of hydrogen-bond donors (Lipinski definition) is 0. The molecule has 2 aromatic heterocycles. The monoisotopic (exact) mass is 399 g/mol. The van der Waals surface area contributed by atoms with Gasteiger partial charge in [0.2, 0.25) is 0 Å². The average molecular weight is 399 g/mol. The molecule has 0 unspecified atom stereocenters. The molecule has 154 valence electrons. The van der Waals surface area contributed by atoms with Crippen molar-refractivity contribution in [2.45, 2.75) is 38.7 Å². The van der Waals surface area contributed by atoms with E-state index in [9.17, 15) is 8.78 Å². The van der Waals surface area contributed by atoms with Crippen LogP contribution in [0.4, 0.5) is 20.3 Å². The van der Waals surface area contributed by atoms with Crippen LogP contribution in [0.1, 0.15) is 30.9 Å². The number of pyridine rings is 1. The van der Waals surface area contributed by atoms with Gasteiger partial charge in [-0.05, 0) is 23.6 Å². The molecule has 5 nitrogen and oxygen atoms in total. The molecular weight excluding hydrogens is 372 g/mol. The third-order valence-corrected chi connectivity index (χ3v) is 5.82. The summed E-state index contributed by atoms with van der Waals surface area (Å²) in [5.41, 5.74) is 5.41. The lowest BCUT2D eigenvalue weighted by molar-refractivity contribution is -0.0566. The van der Waals surface area contributed by atoms with E-state index < -0.39 is 5.92 Å². The minimum absolute atomic E-state index is 0.0450. The fourth-order valence-electron chi connectivity index (χ4n) is 3.97. The summed E-state index contributed by atoms with van der Waals surface area (Å²) in [5, 5.41) is 0. The lowest BCUT2D eigenvalue weighted by Gasteiger charge is -2.32. The smallest absolute Gasteiger partial charge is 0.250 e. The molecule has 1 fully saturated rings. The molecule has 0 amide bonds. The molecule has 3 aromatic rings. The van der Waals surface area contributed by atoms with Crippen molar-refractivity contribution in [1.29, 1.82) is 0 Å². The Morgan fingerprint density at radius 3 is 2.62 bits per heavy atom. The highest BCUT2D eigenvalue weighted by molar-refractivity contribution is 5.79. The Kier molecular flexibility index (Phi) is 5.25. The fraction of sp³-hybridized carbons (Fsp3) is 0.455. The van der Waals surface area contributed by atoms with Gasteiger partial charge in [0.1, 0.15) is 11.3 Å². The Labute approximate surface area is 170 Å². The molecule has 0 bridgehead atoms. The first-order chi connectivity index (χ1) is 13.9. The standard InChI is InChI=1S/C22H27F2N5/c1-4-17-11-16(14-29-9-7-22(23,24)8-10-29)5-6-19(17)28(3)21-12-20-18(13-25-21)26-15-27(20)2/h5-6,11-13,15H,4,7-10,14H2,1-3H3. The summed E-state index contributed by atoms with van der Waals surface area (Å²) in [6, 6.07) is 8.45. The molecule has 29 heavy (non-hydrogen) atoms. The molecule has 1 aliphatic heterocycles. The highest BCUT2D eigenvalue weighted by Crippen LogP contribution is 2.31. The number of anilines is 2. The molecule has 0 atom stereocenters. The molecule has 1 saturated heterocycles. The summed E-state index contributed by atoms with van der Waals surface area (Å²) < 4.78 is 28.8. The van der Waals surface area contributed by atoms with Crippen LogP contribution >= 0.6 is 0 Å². The molecule has 0 aliphatic carbocycles. The molecule has 1 aliphatic rings. The molecule has 1 aromatic carbocycles. The van der Waals surface area contributed by atoms with Crippen LogP contribution in [-0.4, -0.2) is 45.5 Å². The van der Waals surface area contributed by atoms with E-state index in [1.54, 1.807) is 12.5 Å². The number of nitrogens with zero attached hydrogens (tertiary/aromatic N) is 5. The van der Waals surface area contributed by atoms with E-state index in [1.807, 2.05) is 24.7 Å². The maximum atomic E-state index is 13.4. The van der Waals surface area contributed by atoms with Gasteiger partial charge in [-0.25, -0.2) is 18.7 Å².